The molecule has 1 heterocycles. The van der Waals surface area contributed by atoms with Crippen LogP contribution in [0.1, 0.15) is 20.9 Å². The van der Waals surface area contributed by atoms with Crippen LogP contribution in [0.3, 0.4) is 0 Å². The van der Waals surface area contributed by atoms with Crippen LogP contribution in [-0.4, -0.2) is 13.8 Å². The molecule has 0 saturated carbocycles. The number of H-pyrrole nitrogens is 1. The minimum atomic E-state index is -0.781. The smallest absolute Gasteiger partial charge is 1.00 e. The average molecular weight is 422 g/mol. The summed E-state index contributed by atoms with van der Waals surface area (Å²) in [6.45, 7) is 7.22. The Bertz CT molecular complexity index is 917. The first kappa shape index (κ1) is 20.5. The van der Waals surface area contributed by atoms with Gasteiger partial charge in [0.25, 0.3) is 0 Å². The standard InChI is InChI=1S/C11H13Si.C9H8N.2ClH.Ti/c1-12(2)11-7-9-5-3-4-6-10(9)8-11;1-7-6-10-9-5-3-2-4-8(7)9;;;/h3-8,12H,1-2H3;2-5,10H,1H3;2*1H;/q;;;;+2/p-2. The number of fused-ring (bicyclic) bond motifs is 2. The van der Waals surface area contributed by atoms with Crippen LogP contribution < -0.4 is 28.8 Å². The van der Waals surface area contributed by atoms with Gasteiger partial charge in [-0.25, -0.2) is 0 Å². The van der Waals surface area contributed by atoms with Crippen molar-refractivity contribution in [3.8, 4) is 0 Å². The van der Waals surface area contributed by atoms with Crippen molar-refractivity contribution in [3.63, 3.8) is 0 Å². The van der Waals surface area contributed by atoms with E-state index >= 15 is 0 Å². The molecule has 0 bridgehead atoms. The van der Waals surface area contributed by atoms with Crippen molar-refractivity contribution in [3.05, 3.63) is 70.4 Å². The number of benzene rings is 2. The first-order valence-electron chi connectivity index (χ1n) is 8.29. The molecule has 1 N–H and O–H groups in total. The number of halogens is 2. The SMILES string of the molecule is Cc1[c]([Ti+2][CH]2C([SiH](C)C)=Cc3ccccc32)[nH]c2ccccc12.[Cl-].[Cl-]. The van der Waals surface area contributed by atoms with Gasteiger partial charge in [0.05, 0.1) is 0 Å². The summed E-state index contributed by atoms with van der Waals surface area (Å²) in [5.74, 6) is 0. The molecule has 1 nitrogen and oxygen atoms in total. The predicted octanol–water partition coefficient (Wildman–Crippen LogP) is -1.64. The molecule has 0 aliphatic heterocycles. The van der Waals surface area contributed by atoms with Gasteiger partial charge in [-0.3, -0.25) is 0 Å². The number of allylic oxidation sites excluding steroid dienone is 1. The van der Waals surface area contributed by atoms with Crippen LogP contribution in [0.4, 0.5) is 0 Å². The van der Waals surface area contributed by atoms with E-state index in [0.29, 0.717) is 4.22 Å². The van der Waals surface area contributed by atoms with Gasteiger partial charge in [-0.2, -0.15) is 0 Å². The third-order valence-electron chi connectivity index (χ3n) is 4.88. The van der Waals surface area contributed by atoms with E-state index in [1.165, 1.54) is 26.0 Å². The summed E-state index contributed by atoms with van der Waals surface area (Å²) in [7, 11) is -0.781. The van der Waals surface area contributed by atoms with Crippen LogP contribution in [0, 0.1) is 6.92 Å². The molecule has 2 aromatic carbocycles. The van der Waals surface area contributed by atoms with Crippen LogP contribution in [0.15, 0.2) is 53.7 Å². The van der Waals surface area contributed by atoms with Gasteiger partial charge < -0.3 is 24.8 Å². The number of aromatic nitrogens is 1. The first-order chi connectivity index (χ1) is 11.1. The molecule has 0 fully saturated rings. The van der Waals surface area contributed by atoms with Gasteiger partial charge in [0.2, 0.25) is 0 Å². The largest absolute Gasteiger partial charge is 1.00 e. The molecule has 0 radical (unpaired) electrons. The van der Waals surface area contributed by atoms with Crippen molar-refractivity contribution in [1.29, 1.82) is 0 Å². The Hall–Kier alpha value is -0.769. The molecule has 0 amide bonds. The molecule has 128 valence electrons. The molecule has 1 aliphatic rings. The van der Waals surface area contributed by atoms with E-state index in [9.17, 15) is 0 Å². The van der Waals surface area contributed by atoms with Crippen LogP contribution in [0.25, 0.3) is 17.0 Å². The molecule has 3 aromatic rings. The number of hydrogen-bond donors (Lipinski definition) is 1. The average Bonchev–Trinajstić information content (AvgIpc) is 3.08. The Morgan fingerprint density at radius 2 is 1.64 bits per heavy atom. The Balaban J connectivity index is 0.00000113. The fraction of sp³-hybridized carbons (Fsp3) is 0.200. The Morgan fingerprint density at radius 1 is 0.960 bits per heavy atom. The molecule has 1 atom stereocenters. The van der Waals surface area contributed by atoms with Gasteiger partial charge in [0.15, 0.2) is 0 Å². The summed E-state index contributed by atoms with van der Waals surface area (Å²) in [4.78, 5) is 3.72. The molecule has 1 aliphatic carbocycles. The fourth-order valence-corrected chi connectivity index (χ4v) is 9.21. The van der Waals surface area contributed by atoms with Gasteiger partial charge in [-0.1, -0.05) is 0 Å². The van der Waals surface area contributed by atoms with Gasteiger partial charge in [-0.05, 0) is 0 Å². The van der Waals surface area contributed by atoms with E-state index in [4.69, 9.17) is 0 Å². The van der Waals surface area contributed by atoms with Gasteiger partial charge in [0, 0.05) is 0 Å². The molecule has 1 aromatic heterocycles. The van der Waals surface area contributed by atoms with E-state index in [-0.39, 0.29) is 44.0 Å². The van der Waals surface area contributed by atoms with Crippen LogP contribution >= 0.6 is 0 Å². The minimum absolute atomic E-state index is 0. The van der Waals surface area contributed by atoms with Crippen molar-refractivity contribution in [2.24, 2.45) is 0 Å². The van der Waals surface area contributed by atoms with Crippen molar-refractivity contribution >= 4 is 29.8 Å². The predicted molar refractivity (Wildman–Crippen MR) is 98.7 cm³/mol. The number of nitrogens with one attached hydrogen (secondary N) is 1. The molecular formula is C20H21Cl2NSiTi. The second-order valence-electron chi connectivity index (χ2n) is 6.68. The molecule has 1 unspecified atom stereocenters. The maximum Gasteiger partial charge on any atom is -1.00 e. The molecular weight excluding hydrogens is 401 g/mol. The van der Waals surface area contributed by atoms with Crippen LogP contribution in [-0.2, 0) is 19.2 Å². The summed E-state index contributed by atoms with van der Waals surface area (Å²) in [5.41, 5.74) is 5.80. The summed E-state index contributed by atoms with van der Waals surface area (Å²) in [5, 5.41) is 3.15. The molecule has 25 heavy (non-hydrogen) atoms. The Labute approximate surface area is 172 Å². The molecule has 4 rings (SSSR count). The van der Waals surface area contributed by atoms with Gasteiger partial charge in [-0.15, -0.1) is 0 Å². The topological polar surface area (TPSA) is 15.8 Å². The van der Waals surface area contributed by atoms with Crippen molar-refractivity contribution in [2.75, 3.05) is 0 Å². The maximum absolute atomic E-state index is 3.72. The van der Waals surface area contributed by atoms with E-state index in [2.05, 4.69) is 79.6 Å². The summed E-state index contributed by atoms with van der Waals surface area (Å²) >= 11 is -0.261. The number of para-hydroxylation sites is 1. The summed E-state index contributed by atoms with van der Waals surface area (Å²) in [6.07, 6.45) is 2.50. The van der Waals surface area contributed by atoms with E-state index in [0.717, 1.165) is 0 Å². The second-order valence-corrected chi connectivity index (χ2v) is 11.8. The van der Waals surface area contributed by atoms with E-state index in [1.54, 1.807) is 10.8 Å². The maximum atomic E-state index is 3.72. The molecule has 0 saturated heterocycles. The van der Waals surface area contributed by atoms with Crippen molar-refractivity contribution in [2.45, 2.75) is 24.2 Å². The zero-order chi connectivity index (χ0) is 16.0. The normalized spacial score (nSPS) is 15.2. The van der Waals surface area contributed by atoms with Crippen LogP contribution in [0.2, 0.25) is 13.1 Å². The summed E-state index contributed by atoms with van der Waals surface area (Å²) < 4.78 is 2.21. The zero-order valence-electron chi connectivity index (χ0n) is 14.6. The Morgan fingerprint density at radius 3 is 2.36 bits per heavy atom. The third-order valence-corrected chi connectivity index (χ3v) is 9.93. The zero-order valence-corrected chi connectivity index (χ0v) is 18.8. The second kappa shape index (κ2) is 8.28. The number of hydrogen-bond acceptors (Lipinski definition) is 0. The minimum Gasteiger partial charge on any atom is -1.00 e. The van der Waals surface area contributed by atoms with Crippen LogP contribution in [0.5, 0.6) is 0 Å². The quantitative estimate of drug-likeness (QED) is 0.488. The number of rotatable bonds is 3. The first-order valence-corrected chi connectivity index (χ1v) is 12.9. The molecule has 5 heteroatoms. The van der Waals surface area contributed by atoms with Crippen molar-refractivity contribution < 1.29 is 44.0 Å². The summed E-state index contributed by atoms with van der Waals surface area (Å²) in [6, 6.07) is 17.7. The number of aryl methyl sites for hydroxylation is 1. The Kier molecular flexibility index (Phi) is 6.81. The van der Waals surface area contributed by atoms with E-state index < -0.39 is 8.80 Å². The monoisotopic (exact) mass is 421 g/mol. The van der Waals surface area contributed by atoms with E-state index in [1.807, 2.05) is 0 Å². The number of aromatic amines is 1. The van der Waals surface area contributed by atoms with Crippen molar-refractivity contribution in [1.82, 2.24) is 4.98 Å². The third kappa shape index (κ3) is 3.70. The fourth-order valence-electron chi connectivity index (χ4n) is 3.58. The molecule has 0 spiro atoms. The van der Waals surface area contributed by atoms with Gasteiger partial charge >= 0.3 is 149 Å². The van der Waals surface area contributed by atoms with Gasteiger partial charge in [0.1, 0.15) is 0 Å².